The highest BCUT2D eigenvalue weighted by molar-refractivity contribution is 7.07. The van der Waals surface area contributed by atoms with Crippen molar-refractivity contribution < 1.29 is 14.3 Å². The molecular weight excluding hydrogens is 360 g/mol. The first-order valence-corrected chi connectivity index (χ1v) is 8.72. The van der Waals surface area contributed by atoms with E-state index in [4.69, 9.17) is 21.1 Å². The highest BCUT2D eigenvalue weighted by Gasteiger charge is 2.12. The molecular formula is C18H15ClN2O3S. The van der Waals surface area contributed by atoms with Crippen molar-refractivity contribution >= 4 is 34.5 Å². The van der Waals surface area contributed by atoms with Crippen LogP contribution in [0.4, 0.5) is 5.69 Å². The van der Waals surface area contributed by atoms with Crippen molar-refractivity contribution in [3.05, 3.63) is 69.6 Å². The summed E-state index contributed by atoms with van der Waals surface area (Å²) in [5, 5.41) is 5.34. The summed E-state index contributed by atoms with van der Waals surface area (Å²) in [5.41, 5.74) is 3.72. The summed E-state index contributed by atoms with van der Waals surface area (Å²) in [5.74, 6) is 0.796. The summed E-state index contributed by atoms with van der Waals surface area (Å²) >= 11 is 7.35. The number of ether oxygens (including phenoxy) is 2. The molecule has 7 heteroatoms. The minimum atomic E-state index is -0.244. The van der Waals surface area contributed by atoms with Gasteiger partial charge in [-0.25, -0.2) is 4.98 Å². The van der Waals surface area contributed by atoms with Crippen LogP contribution in [0.5, 0.6) is 11.5 Å². The molecule has 25 heavy (non-hydrogen) atoms. The fourth-order valence-electron chi connectivity index (χ4n) is 2.13. The molecule has 128 valence electrons. The number of halogens is 1. The molecule has 0 atom stereocenters. The van der Waals surface area contributed by atoms with Gasteiger partial charge in [-0.05, 0) is 42.5 Å². The van der Waals surface area contributed by atoms with Crippen LogP contribution in [-0.4, -0.2) is 18.0 Å². The number of aromatic nitrogens is 1. The molecule has 2 aromatic carbocycles. The molecule has 0 radical (unpaired) electrons. The number of anilines is 1. The molecule has 0 spiro atoms. The number of benzene rings is 2. The Hall–Kier alpha value is -2.57. The maximum absolute atomic E-state index is 12.4. The van der Waals surface area contributed by atoms with Crippen molar-refractivity contribution in [2.24, 2.45) is 0 Å². The first-order valence-electron chi connectivity index (χ1n) is 7.40. The van der Waals surface area contributed by atoms with Crippen LogP contribution >= 0.6 is 22.9 Å². The molecule has 0 aliphatic heterocycles. The van der Waals surface area contributed by atoms with Gasteiger partial charge in [-0.1, -0.05) is 11.6 Å². The molecule has 3 aromatic rings. The maximum Gasteiger partial charge on any atom is 0.255 e. The van der Waals surface area contributed by atoms with Crippen LogP contribution in [0.15, 0.2) is 53.4 Å². The van der Waals surface area contributed by atoms with E-state index in [1.165, 1.54) is 18.4 Å². The van der Waals surface area contributed by atoms with E-state index in [1.807, 2.05) is 5.38 Å². The van der Waals surface area contributed by atoms with Gasteiger partial charge in [-0.2, -0.15) is 0 Å². The number of rotatable bonds is 6. The Labute approximate surface area is 154 Å². The Morgan fingerprint density at radius 1 is 1.20 bits per heavy atom. The van der Waals surface area contributed by atoms with Gasteiger partial charge < -0.3 is 14.8 Å². The molecule has 0 unspecified atom stereocenters. The minimum absolute atomic E-state index is 0.244. The molecule has 0 bridgehead atoms. The molecule has 0 aliphatic rings. The van der Waals surface area contributed by atoms with Gasteiger partial charge in [0.25, 0.3) is 5.91 Å². The monoisotopic (exact) mass is 374 g/mol. The number of nitrogens with one attached hydrogen (secondary N) is 1. The van der Waals surface area contributed by atoms with Gasteiger partial charge in [0.2, 0.25) is 0 Å². The second kappa shape index (κ2) is 8.00. The Morgan fingerprint density at radius 3 is 2.68 bits per heavy atom. The Morgan fingerprint density at radius 2 is 2.00 bits per heavy atom. The average Bonchev–Trinajstić information content (AvgIpc) is 3.15. The lowest BCUT2D eigenvalue weighted by Crippen LogP contribution is -2.12. The van der Waals surface area contributed by atoms with E-state index >= 15 is 0 Å². The van der Waals surface area contributed by atoms with E-state index in [9.17, 15) is 4.79 Å². The van der Waals surface area contributed by atoms with Crippen LogP contribution in [0.25, 0.3) is 0 Å². The molecule has 1 heterocycles. The third kappa shape index (κ3) is 4.49. The third-order valence-electron chi connectivity index (χ3n) is 3.39. The zero-order valence-electron chi connectivity index (χ0n) is 13.4. The Bertz CT molecular complexity index is 851. The fourth-order valence-corrected chi connectivity index (χ4v) is 2.79. The summed E-state index contributed by atoms with van der Waals surface area (Å²) in [7, 11) is 1.53. The number of carbonyl (C=O) groups excluding carboxylic acids is 1. The summed E-state index contributed by atoms with van der Waals surface area (Å²) < 4.78 is 11.0. The van der Waals surface area contributed by atoms with Crippen LogP contribution in [0, 0.1) is 0 Å². The first kappa shape index (κ1) is 17.3. The van der Waals surface area contributed by atoms with Crippen LogP contribution < -0.4 is 14.8 Å². The molecule has 0 fully saturated rings. The van der Waals surface area contributed by atoms with E-state index in [0.29, 0.717) is 34.4 Å². The number of hydrogen-bond donors (Lipinski definition) is 1. The summed E-state index contributed by atoms with van der Waals surface area (Å²) in [6, 6.07) is 11.9. The SMILES string of the molecule is COc1cc(C(=O)Nc2ccc(Cl)cc2)ccc1OCc1cscn1. The molecule has 5 nitrogen and oxygen atoms in total. The number of hydrogen-bond acceptors (Lipinski definition) is 5. The lowest BCUT2D eigenvalue weighted by molar-refractivity contribution is 0.102. The van der Waals surface area contributed by atoms with Crippen molar-refractivity contribution in [3.63, 3.8) is 0 Å². The van der Waals surface area contributed by atoms with E-state index in [1.54, 1.807) is 48.0 Å². The second-order valence-corrected chi connectivity index (χ2v) is 6.25. The van der Waals surface area contributed by atoms with Crippen LogP contribution in [-0.2, 0) is 6.61 Å². The smallest absolute Gasteiger partial charge is 0.255 e. The lowest BCUT2D eigenvalue weighted by atomic mass is 10.2. The lowest BCUT2D eigenvalue weighted by Gasteiger charge is -2.12. The highest BCUT2D eigenvalue weighted by Crippen LogP contribution is 2.29. The summed E-state index contributed by atoms with van der Waals surface area (Å²) in [6.07, 6.45) is 0. The van der Waals surface area contributed by atoms with E-state index < -0.39 is 0 Å². The zero-order valence-corrected chi connectivity index (χ0v) is 14.9. The molecule has 1 aromatic heterocycles. The largest absolute Gasteiger partial charge is 0.493 e. The van der Waals surface area contributed by atoms with Crippen molar-refractivity contribution in [2.75, 3.05) is 12.4 Å². The third-order valence-corrected chi connectivity index (χ3v) is 4.27. The maximum atomic E-state index is 12.4. The van der Waals surface area contributed by atoms with Gasteiger partial charge in [0.15, 0.2) is 11.5 Å². The molecule has 0 aliphatic carbocycles. The number of amides is 1. The molecule has 1 amide bonds. The number of methoxy groups -OCH3 is 1. The van der Waals surface area contributed by atoms with Gasteiger partial charge in [0.05, 0.1) is 18.3 Å². The average molecular weight is 375 g/mol. The molecule has 1 N–H and O–H groups in total. The number of thiazole rings is 1. The van der Waals surface area contributed by atoms with E-state index in [-0.39, 0.29) is 5.91 Å². The van der Waals surface area contributed by atoms with Gasteiger partial charge in [-0.15, -0.1) is 11.3 Å². The number of carbonyl (C=O) groups is 1. The minimum Gasteiger partial charge on any atom is -0.493 e. The predicted octanol–water partition coefficient (Wildman–Crippen LogP) is 4.64. The van der Waals surface area contributed by atoms with Gasteiger partial charge in [0, 0.05) is 21.7 Å². The quantitative estimate of drug-likeness (QED) is 0.683. The first-order chi connectivity index (χ1) is 12.2. The second-order valence-electron chi connectivity index (χ2n) is 5.10. The molecule has 0 saturated heterocycles. The Balaban J connectivity index is 1.71. The summed E-state index contributed by atoms with van der Waals surface area (Å²) in [4.78, 5) is 16.5. The van der Waals surface area contributed by atoms with Crippen LogP contribution in [0.1, 0.15) is 16.1 Å². The van der Waals surface area contributed by atoms with Crippen molar-refractivity contribution in [1.82, 2.24) is 4.98 Å². The Kier molecular flexibility index (Phi) is 5.53. The van der Waals surface area contributed by atoms with Gasteiger partial charge in [-0.3, -0.25) is 4.79 Å². The topological polar surface area (TPSA) is 60.5 Å². The van der Waals surface area contributed by atoms with E-state index in [2.05, 4.69) is 10.3 Å². The van der Waals surface area contributed by atoms with Crippen molar-refractivity contribution in [3.8, 4) is 11.5 Å². The van der Waals surface area contributed by atoms with Crippen molar-refractivity contribution in [2.45, 2.75) is 6.61 Å². The van der Waals surface area contributed by atoms with Crippen LogP contribution in [0.2, 0.25) is 5.02 Å². The number of nitrogens with zero attached hydrogens (tertiary/aromatic N) is 1. The zero-order chi connectivity index (χ0) is 17.6. The van der Waals surface area contributed by atoms with Gasteiger partial charge >= 0.3 is 0 Å². The normalized spacial score (nSPS) is 10.3. The molecule has 3 rings (SSSR count). The molecule has 0 saturated carbocycles. The van der Waals surface area contributed by atoms with Crippen molar-refractivity contribution in [1.29, 1.82) is 0 Å². The summed E-state index contributed by atoms with van der Waals surface area (Å²) in [6.45, 7) is 0.343. The highest BCUT2D eigenvalue weighted by atomic mass is 35.5. The van der Waals surface area contributed by atoms with Crippen LogP contribution in [0.3, 0.4) is 0 Å². The predicted molar refractivity (Wildman–Crippen MR) is 98.8 cm³/mol. The van der Waals surface area contributed by atoms with E-state index in [0.717, 1.165) is 5.69 Å². The standard InChI is InChI=1S/C18H15ClN2O3S/c1-23-17-8-12(18(22)21-14-5-3-13(19)4-6-14)2-7-16(17)24-9-15-10-25-11-20-15/h2-8,10-11H,9H2,1H3,(H,21,22). The van der Waals surface area contributed by atoms with Gasteiger partial charge in [0.1, 0.15) is 6.61 Å². The fraction of sp³-hybridized carbons (Fsp3) is 0.111.